The van der Waals surface area contributed by atoms with E-state index in [2.05, 4.69) is 225 Å². The summed E-state index contributed by atoms with van der Waals surface area (Å²) in [5.74, 6) is 0.581. The summed E-state index contributed by atoms with van der Waals surface area (Å²) in [6.45, 7) is 4.60. The molecule has 10 rings (SSSR count). The van der Waals surface area contributed by atoms with Crippen LogP contribution >= 0.6 is 0 Å². The molecule has 0 amide bonds. The fourth-order valence-corrected chi connectivity index (χ4v) is 8.90. The van der Waals surface area contributed by atoms with Gasteiger partial charge in [0.15, 0.2) is 0 Å². The molecule has 10 aromatic carbocycles. The summed E-state index contributed by atoms with van der Waals surface area (Å²) in [5.41, 5.74) is 12.1. The second-order valence-electron chi connectivity index (χ2n) is 15.6. The molecule has 0 N–H and O–H groups in total. The summed E-state index contributed by atoms with van der Waals surface area (Å²) in [5, 5.41) is 10.1. The zero-order chi connectivity index (χ0) is 38.3. The topological polar surface area (TPSA) is 3.24 Å². The Kier molecular flexibility index (Phi) is 8.84. The smallest absolute Gasteiger partial charge is 0.0546 e. The molecule has 0 atom stereocenters. The first kappa shape index (κ1) is 34.5. The van der Waals surface area contributed by atoms with E-state index in [1.165, 1.54) is 87.7 Å². The van der Waals surface area contributed by atoms with Crippen LogP contribution in [0.3, 0.4) is 0 Å². The molecule has 1 nitrogen and oxygen atoms in total. The van der Waals surface area contributed by atoms with Gasteiger partial charge in [0, 0.05) is 16.8 Å². The summed E-state index contributed by atoms with van der Waals surface area (Å²) < 4.78 is 0. The molecule has 0 fully saturated rings. The molecule has 0 spiro atoms. The van der Waals surface area contributed by atoms with Gasteiger partial charge in [-0.1, -0.05) is 190 Å². The quantitative estimate of drug-likeness (QED) is 0.141. The molecule has 0 unspecified atom stereocenters. The van der Waals surface area contributed by atoms with Crippen molar-refractivity contribution in [3.63, 3.8) is 0 Å². The third-order valence-electron chi connectivity index (χ3n) is 11.4. The zero-order valence-electron chi connectivity index (χ0n) is 32.4. The Morgan fingerprint density at radius 2 is 0.807 bits per heavy atom. The molecule has 57 heavy (non-hydrogen) atoms. The minimum Gasteiger partial charge on any atom is -0.310 e. The zero-order valence-corrected chi connectivity index (χ0v) is 32.4. The van der Waals surface area contributed by atoms with E-state index in [4.69, 9.17) is 0 Å². The number of rotatable bonds is 8. The lowest BCUT2D eigenvalue weighted by Gasteiger charge is -2.28. The Bertz CT molecular complexity index is 3030. The molecule has 0 saturated carbocycles. The van der Waals surface area contributed by atoms with Gasteiger partial charge in [0.1, 0.15) is 0 Å². The number of anilines is 3. The highest BCUT2D eigenvalue weighted by Gasteiger charge is 2.21. The van der Waals surface area contributed by atoms with Crippen LogP contribution in [-0.4, -0.2) is 0 Å². The van der Waals surface area contributed by atoms with Crippen LogP contribution in [0.15, 0.2) is 206 Å². The average molecular weight is 730 g/mol. The largest absolute Gasteiger partial charge is 0.310 e. The second kappa shape index (κ2) is 14.6. The Morgan fingerprint density at radius 3 is 1.39 bits per heavy atom. The van der Waals surface area contributed by atoms with Crippen molar-refractivity contribution < 1.29 is 0 Å². The van der Waals surface area contributed by atoms with Crippen LogP contribution in [0.5, 0.6) is 0 Å². The highest BCUT2D eigenvalue weighted by Crippen LogP contribution is 2.47. The standard InChI is InChI=1S/C56H43N/c1-38(2)35-39-25-34-50-53(36-39)47-20-10-9-19-44(47)37-54(50)57(45-30-26-41(27-31-45)40-15-5-3-6-16-40)46-32-28-43(29-33-46)56-52-24-14-12-22-49(52)48-21-11-13-23-51(48)55(56)42-17-7-4-8-18-42/h3-34,36-38H,35H2,1-2H3. The Hall–Kier alpha value is -6.96. The average Bonchev–Trinajstić information content (AvgIpc) is 3.27. The third-order valence-corrected chi connectivity index (χ3v) is 11.4. The monoisotopic (exact) mass is 729 g/mol. The molecular formula is C56H43N. The van der Waals surface area contributed by atoms with Crippen LogP contribution in [0.1, 0.15) is 19.4 Å². The van der Waals surface area contributed by atoms with E-state index in [1.54, 1.807) is 0 Å². The Morgan fingerprint density at radius 1 is 0.351 bits per heavy atom. The molecule has 0 aliphatic rings. The molecule has 272 valence electrons. The van der Waals surface area contributed by atoms with E-state index in [-0.39, 0.29) is 0 Å². The Balaban J connectivity index is 1.19. The summed E-state index contributed by atoms with van der Waals surface area (Å²) in [6, 6.07) is 75.9. The van der Waals surface area contributed by atoms with Crippen molar-refractivity contribution in [3.8, 4) is 33.4 Å². The first-order valence-electron chi connectivity index (χ1n) is 20.1. The van der Waals surface area contributed by atoms with Gasteiger partial charge >= 0.3 is 0 Å². The minimum absolute atomic E-state index is 0.581. The second-order valence-corrected chi connectivity index (χ2v) is 15.6. The number of benzene rings is 10. The van der Waals surface area contributed by atoms with E-state index in [0.717, 1.165) is 17.8 Å². The Labute approximate surface area is 335 Å². The lowest BCUT2D eigenvalue weighted by Crippen LogP contribution is -2.11. The molecule has 0 bridgehead atoms. The minimum atomic E-state index is 0.581. The normalized spacial score (nSPS) is 11.6. The number of hydrogen-bond acceptors (Lipinski definition) is 1. The van der Waals surface area contributed by atoms with Crippen molar-refractivity contribution in [1.82, 2.24) is 0 Å². The van der Waals surface area contributed by atoms with Gasteiger partial charge in [-0.15, -0.1) is 0 Å². The predicted octanol–water partition coefficient (Wildman–Crippen LogP) is 16.0. The maximum atomic E-state index is 2.45. The third kappa shape index (κ3) is 6.32. The fraction of sp³-hybridized carbons (Fsp3) is 0.0714. The van der Waals surface area contributed by atoms with Crippen molar-refractivity contribution in [1.29, 1.82) is 0 Å². The molecule has 0 aliphatic carbocycles. The predicted molar refractivity (Wildman–Crippen MR) is 246 cm³/mol. The highest BCUT2D eigenvalue weighted by molar-refractivity contribution is 6.21. The first-order valence-corrected chi connectivity index (χ1v) is 20.1. The van der Waals surface area contributed by atoms with Gasteiger partial charge in [-0.2, -0.15) is 0 Å². The van der Waals surface area contributed by atoms with Crippen molar-refractivity contribution in [3.05, 3.63) is 212 Å². The van der Waals surface area contributed by atoms with Crippen LogP contribution in [-0.2, 0) is 6.42 Å². The lowest BCUT2D eigenvalue weighted by atomic mass is 9.85. The molecule has 0 aromatic heterocycles. The van der Waals surface area contributed by atoms with Gasteiger partial charge in [0.2, 0.25) is 0 Å². The number of hydrogen-bond donors (Lipinski definition) is 0. The fourth-order valence-electron chi connectivity index (χ4n) is 8.90. The first-order chi connectivity index (χ1) is 28.1. The summed E-state index contributed by atoms with van der Waals surface area (Å²) in [6.07, 6.45) is 1.05. The SMILES string of the molecule is CC(C)Cc1ccc2c(N(c3ccc(-c4ccccc4)cc3)c3ccc(-c4c(-c5ccccc5)c5ccccc5c5ccccc45)cc3)cc3ccccc3c2c1. The molecule has 1 heteroatoms. The summed E-state index contributed by atoms with van der Waals surface area (Å²) >= 11 is 0. The van der Waals surface area contributed by atoms with Gasteiger partial charge in [0.25, 0.3) is 0 Å². The molecule has 0 heterocycles. The molecule has 0 radical (unpaired) electrons. The van der Waals surface area contributed by atoms with E-state index in [0.29, 0.717) is 5.92 Å². The van der Waals surface area contributed by atoms with E-state index in [1.807, 2.05) is 0 Å². The summed E-state index contributed by atoms with van der Waals surface area (Å²) in [4.78, 5) is 2.45. The summed E-state index contributed by atoms with van der Waals surface area (Å²) in [7, 11) is 0. The molecule has 0 saturated heterocycles. The molecule has 0 aliphatic heterocycles. The van der Waals surface area contributed by atoms with Gasteiger partial charge in [-0.25, -0.2) is 0 Å². The van der Waals surface area contributed by atoms with Crippen LogP contribution in [0.25, 0.3) is 76.5 Å². The van der Waals surface area contributed by atoms with Crippen molar-refractivity contribution >= 4 is 60.2 Å². The van der Waals surface area contributed by atoms with E-state index in [9.17, 15) is 0 Å². The van der Waals surface area contributed by atoms with E-state index < -0.39 is 0 Å². The van der Waals surface area contributed by atoms with Crippen LogP contribution in [0.4, 0.5) is 17.1 Å². The van der Waals surface area contributed by atoms with Crippen LogP contribution in [0.2, 0.25) is 0 Å². The van der Waals surface area contributed by atoms with Crippen molar-refractivity contribution in [2.45, 2.75) is 20.3 Å². The van der Waals surface area contributed by atoms with Crippen LogP contribution in [0, 0.1) is 5.92 Å². The number of fused-ring (bicyclic) bond motifs is 6. The van der Waals surface area contributed by atoms with Crippen LogP contribution < -0.4 is 4.90 Å². The molecule has 10 aromatic rings. The van der Waals surface area contributed by atoms with E-state index >= 15 is 0 Å². The van der Waals surface area contributed by atoms with Crippen molar-refractivity contribution in [2.24, 2.45) is 5.92 Å². The van der Waals surface area contributed by atoms with Gasteiger partial charge < -0.3 is 4.90 Å². The lowest BCUT2D eigenvalue weighted by molar-refractivity contribution is 0.648. The highest BCUT2D eigenvalue weighted by atomic mass is 15.1. The molecular weight excluding hydrogens is 687 g/mol. The van der Waals surface area contributed by atoms with Gasteiger partial charge in [-0.3, -0.25) is 0 Å². The van der Waals surface area contributed by atoms with Crippen molar-refractivity contribution in [2.75, 3.05) is 4.90 Å². The van der Waals surface area contributed by atoms with Gasteiger partial charge in [-0.05, 0) is 119 Å². The maximum Gasteiger partial charge on any atom is 0.0546 e. The number of nitrogens with zero attached hydrogens (tertiary/aromatic N) is 1. The maximum absolute atomic E-state index is 2.45. The van der Waals surface area contributed by atoms with Gasteiger partial charge in [0.05, 0.1) is 5.69 Å².